The molecule has 0 bridgehead atoms. The van der Waals surface area contributed by atoms with E-state index in [4.69, 9.17) is 23.7 Å². The number of carbonyl (C=O) groups is 1. The molecule has 3 aromatic rings. The highest BCUT2D eigenvalue weighted by Crippen LogP contribution is 2.46. The second-order valence-electron chi connectivity index (χ2n) is 11.9. The predicted molar refractivity (Wildman–Crippen MR) is 159 cm³/mol. The molecule has 6 heteroatoms. The highest BCUT2D eigenvalue weighted by Gasteiger charge is 2.56. The van der Waals surface area contributed by atoms with Gasteiger partial charge >= 0.3 is 0 Å². The van der Waals surface area contributed by atoms with Crippen LogP contribution in [0.2, 0.25) is 0 Å². The summed E-state index contributed by atoms with van der Waals surface area (Å²) in [5, 5.41) is 0. The van der Waals surface area contributed by atoms with Crippen molar-refractivity contribution in [3.8, 4) is 0 Å². The lowest BCUT2D eigenvalue weighted by Crippen LogP contribution is -2.61. The molecule has 0 radical (unpaired) electrons. The molecule has 0 amide bonds. The maximum Gasteiger partial charge on any atom is 0.168 e. The summed E-state index contributed by atoms with van der Waals surface area (Å²) in [6.07, 6.45) is 3.10. The van der Waals surface area contributed by atoms with E-state index in [0.29, 0.717) is 26.4 Å². The van der Waals surface area contributed by atoms with Gasteiger partial charge in [0.1, 0.15) is 12.2 Å². The monoisotopic (exact) mass is 568 g/mol. The molecule has 0 unspecified atom stereocenters. The van der Waals surface area contributed by atoms with Crippen molar-refractivity contribution in [1.29, 1.82) is 0 Å². The summed E-state index contributed by atoms with van der Waals surface area (Å²) in [7, 11) is 0. The van der Waals surface area contributed by atoms with E-state index < -0.39 is 24.1 Å². The molecule has 1 saturated heterocycles. The van der Waals surface area contributed by atoms with Gasteiger partial charge in [0.25, 0.3) is 0 Å². The Balaban J connectivity index is 1.33. The van der Waals surface area contributed by atoms with Crippen molar-refractivity contribution < 1.29 is 28.5 Å². The lowest BCUT2D eigenvalue weighted by Gasteiger charge is -2.49. The summed E-state index contributed by atoms with van der Waals surface area (Å²) in [6.45, 7) is 5.39. The van der Waals surface area contributed by atoms with Gasteiger partial charge in [0.2, 0.25) is 0 Å². The number of ether oxygens (including phenoxy) is 5. The molecule has 0 spiro atoms. The zero-order chi connectivity index (χ0) is 28.9. The van der Waals surface area contributed by atoms with Crippen molar-refractivity contribution in [2.45, 2.75) is 70.3 Å². The zero-order valence-corrected chi connectivity index (χ0v) is 24.3. The summed E-state index contributed by atoms with van der Waals surface area (Å²) in [5.41, 5.74) is 3.11. The minimum absolute atomic E-state index is 0.0463. The third kappa shape index (κ3) is 6.59. The Labute approximate surface area is 248 Å². The Hall–Kier alpha value is -3.13. The van der Waals surface area contributed by atoms with Crippen LogP contribution in [0.4, 0.5) is 0 Å². The second-order valence-corrected chi connectivity index (χ2v) is 11.9. The number of hydrogen-bond donors (Lipinski definition) is 0. The minimum atomic E-state index is -0.791. The first-order valence-corrected chi connectivity index (χ1v) is 15.0. The molecule has 1 aliphatic heterocycles. The van der Waals surface area contributed by atoms with Gasteiger partial charge in [-0.2, -0.15) is 0 Å². The third-order valence-electron chi connectivity index (χ3n) is 8.60. The number of fused-ring (bicyclic) bond motifs is 1. The summed E-state index contributed by atoms with van der Waals surface area (Å²) < 4.78 is 32.2. The van der Waals surface area contributed by atoms with Crippen molar-refractivity contribution in [2.75, 3.05) is 6.61 Å². The predicted octanol–water partition coefficient (Wildman–Crippen LogP) is 6.29. The maximum absolute atomic E-state index is 14.6. The topological polar surface area (TPSA) is 63.2 Å². The smallest absolute Gasteiger partial charge is 0.168 e. The van der Waals surface area contributed by atoms with Crippen molar-refractivity contribution in [2.24, 2.45) is 17.8 Å². The lowest BCUT2D eigenvalue weighted by molar-refractivity contribution is -0.204. The second kappa shape index (κ2) is 13.0. The quantitative estimate of drug-likeness (QED) is 0.268. The molecule has 6 rings (SSSR count). The largest absolute Gasteiger partial charge is 0.370 e. The van der Waals surface area contributed by atoms with E-state index in [1.165, 1.54) is 0 Å². The average molecular weight is 569 g/mol. The minimum Gasteiger partial charge on any atom is -0.370 e. The van der Waals surface area contributed by atoms with Gasteiger partial charge in [-0.05, 0) is 37.0 Å². The molecule has 6 nitrogen and oxygen atoms in total. The van der Waals surface area contributed by atoms with Gasteiger partial charge in [0.05, 0.1) is 38.6 Å². The number of carbonyl (C=O) groups excluding carboxylic acids is 1. The lowest BCUT2D eigenvalue weighted by atomic mass is 9.63. The van der Waals surface area contributed by atoms with Crippen LogP contribution < -0.4 is 0 Å². The van der Waals surface area contributed by atoms with E-state index in [1.807, 2.05) is 92.7 Å². The van der Waals surface area contributed by atoms with Gasteiger partial charge < -0.3 is 23.7 Å². The molecule has 3 aliphatic rings. The highest BCUT2D eigenvalue weighted by molar-refractivity contribution is 5.88. The first kappa shape index (κ1) is 29.0. The van der Waals surface area contributed by atoms with Crippen molar-refractivity contribution in [1.82, 2.24) is 0 Å². The number of benzene rings is 3. The Morgan fingerprint density at radius 1 is 0.738 bits per heavy atom. The average Bonchev–Trinajstić information content (AvgIpc) is 3.39. The summed E-state index contributed by atoms with van der Waals surface area (Å²) in [6, 6.07) is 30.1. The van der Waals surface area contributed by atoms with Crippen LogP contribution in [-0.4, -0.2) is 42.6 Å². The van der Waals surface area contributed by atoms with Crippen molar-refractivity contribution in [3.63, 3.8) is 0 Å². The van der Waals surface area contributed by atoms with Crippen LogP contribution in [-0.2, 0) is 48.3 Å². The van der Waals surface area contributed by atoms with E-state index in [2.05, 4.69) is 24.3 Å². The van der Waals surface area contributed by atoms with Crippen LogP contribution >= 0.6 is 0 Å². The van der Waals surface area contributed by atoms with Gasteiger partial charge in [-0.25, -0.2) is 0 Å². The number of Topliss-reactive ketones (excluding diaryl/α,β-unsaturated/α-hetero) is 1. The fourth-order valence-corrected chi connectivity index (χ4v) is 6.57. The molecule has 42 heavy (non-hydrogen) atoms. The summed E-state index contributed by atoms with van der Waals surface area (Å²) in [5.74, 6) is -1.18. The number of allylic oxidation sites excluding steroid dienone is 1. The molecule has 1 heterocycles. The van der Waals surface area contributed by atoms with E-state index >= 15 is 0 Å². The molecule has 2 aliphatic carbocycles. The normalized spacial score (nSPS) is 30.2. The van der Waals surface area contributed by atoms with E-state index in [1.54, 1.807) is 0 Å². The molecule has 3 aromatic carbocycles. The SMILES string of the molecule is CC1(C)OC[C@H]([C@H]2CC=C[C@@H]3[C@H](OCc4ccccc4)[C@H](OCc4ccccc4)[C@@H](OCc4ccccc4)C(=O)[C@@H]32)O1. The van der Waals surface area contributed by atoms with E-state index in [0.717, 1.165) is 23.1 Å². The van der Waals surface area contributed by atoms with Crippen LogP contribution in [0.3, 0.4) is 0 Å². The number of hydrogen-bond acceptors (Lipinski definition) is 6. The Kier molecular flexibility index (Phi) is 8.98. The standard InChI is InChI=1S/C36H40O6/c1-36(2)41-24-30(42-36)28-19-12-20-29-31(28)32(37)34(39-22-26-15-8-4-9-16-26)35(40-23-27-17-10-5-11-18-27)33(29)38-21-25-13-6-3-7-14-25/h3-18,20,28-31,33-35H,19,21-24H2,1-2H3/t28-,29+,30-,31-,33+,34+,35+/m1/s1. The molecular weight excluding hydrogens is 528 g/mol. The first-order chi connectivity index (χ1) is 20.5. The Bertz CT molecular complexity index is 1320. The summed E-state index contributed by atoms with van der Waals surface area (Å²) in [4.78, 5) is 14.6. The molecule has 0 aromatic heterocycles. The van der Waals surface area contributed by atoms with E-state index in [9.17, 15) is 4.79 Å². The van der Waals surface area contributed by atoms with Gasteiger partial charge in [-0.1, -0.05) is 103 Å². The van der Waals surface area contributed by atoms with Crippen LogP contribution in [0.5, 0.6) is 0 Å². The fraction of sp³-hybridized carbons (Fsp3) is 0.417. The zero-order valence-electron chi connectivity index (χ0n) is 24.3. The Morgan fingerprint density at radius 2 is 1.26 bits per heavy atom. The van der Waals surface area contributed by atoms with Crippen LogP contribution in [0, 0.1) is 17.8 Å². The molecule has 220 valence electrons. The molecule has 1 saturated carbocycles. The van der Waals surface area contributed by atoms with Crippen molar-refractivity contribution in [3.05, 3.63) is 120 Å². The Morgan fingerprint density at radius 3 is 1.79 bits per heavy atom. The van der Waals surface area contributed by atoms with E-state index in [-0.39, 0.29) is 29.6 Å². The third-order valence-corrected chi connectivity index (χ3v) is 8.60. The number of ketones is 1. The van der Waals surface area contributed by atoms with Gasteiger partial charge in [0, 0.05) is 17.8 Å². The molecule has 0 N–H and O–H groups in total. The van der Waals surface area contributed by atoms with Crippen LogP contribution in [0.25, 0.3) is 0 Å². The number of rotatable bonds is 10. The molecule has 2 fully saturated rings. The van der Waals surface area contributed by atoms with Crippen LogP contribution in [0.15, 0.2) is 103 Å². The maximum atomic E-state index is 14.6. The first-order valence-electron chi connectivity index (χ1n) is 15.0. The highest BCUT2D eigenvalue weighted by atomic mass is 16.7. The van der Waals surface area contributed by atoms with Crippen molar-refractivity contribution >= 4 is 5.78 Å². The molecular formula is C36H40O6. The van der Waals surface area contributed by atoms with Gasteiger partial charge in [0.15, 0.2) is 11.6 Å². The van der Waals surface area contributed by atoms with Crippen LogP contribution in [0.1, 0.15) is 37.0 Å². The fourth-order valence-electron chi connectivity index (χ4n) is 6.57. The summed E-state index contributed by atoms with van der Waals surface area (Å²) >= 11 is 0. The van der Waals surface area contributed by atoms with Gasteiger partial charge in [-0.3, -0.25) is 4.79 Å². The molecule has 7 atom stereocenters. The van der Waals surface area contributed by atoms with Gasteiger partial charge in [-0.15, -0.1) is 0 Å².